The lowest BCUT2D eigenvalue weighted by Gasteiger charge is -2.28. The summed E-state index contributed by atoms with van der Waals surface area (Å²) in [5.41, 5.74) is 7.01. The average Bonchev–Trinajstić information content (AvgIpc) is 2.47. The number of rotatable bonds is 5. The van der Waals surface area contributed by atoms with Gasteiger partial charge in [-0.05, 0) is 24.8 Å². The van der Waals surface area contributed by atoms with Gasteiger partial charge < -0.3 is 15.8 Å². The van der Waals surface area contributed by atoms with E-state index in [9.17, 15) is 4.79 Å². The summed E-state index contributed by atoms with van der Waals surface area (Å²) in [6.07, 6.45) is 4.99. The predicted octanol–water partition coefficient (Wildman–Crippen LogP) is 1.87. The Morgan fingerprint density at radius 3 is 2.85 bits per heavy atom. The minimum Gasteiger partial charge on any atom is -0.496 e. The van der Waals surface area contributed by atoms with Crippen LogP contribution in [0.3, 0.4) is 0 Å². The summed E-state index contributed by atoms with van der Waals surface area (Å²) in [7, 11) is 1.62. The molecule has 4 nitrogen and oxygen atoms in total. The second-order valence-electron chi connectivity index (χ2n) is 5.50. The maximum Gasteiger partial charge on any atom is 0.224 e. The van der Waals surface area contributed by atoms with Crippen LogP contribution in [0.15, 0.2) is 24.3 Å². The van der Waals surface area contributed by atoms with Crippen molar-refractivity contribution in [1.29, 1.82) is 0 Å². The fraction of sp³-hybridized carbons (Fsp3) is 0.562. The molecule has 0 heterocycles. The maximum atomic E-state index is 12.0. The van der Waals surface area contributed by atoms with Crippen molar-refractivity contribution in [3.8, 4) is 5.75 Å². The SMILES string of the molecule is COc1ccccc1CC(=O)NCC1CCCCC1N. The number of hydrogen-bond donors (Lipinski definition) is 2. The smallest absolute Gasteiger partial charge is 0.224 e. The van der Waals surface area contributed by atoms with Crippen LogP contribution in [0, 0.1) is 5.92 Å². The van der Waals surface area contributed by atoms with Crippen molar-refractivity contribution in [2.24, 2.45) is 11.7 Å². The van der Waals surface area contributed by atoms with Crippen LogP contribution in [0.1, 0.15) is 31.2 Å². The zero-order valence-corrected chi connectivity index (χ0v) is 12.1. The molecule has 0 bridgehead atoms. The molecule has 1 aromatic carbocycles. The minimum absolute atomic E-state index is 0.0345. The van der Waals surface area contributed by atoms with Crippen molar-refractivity contribution in [3.63, 3.8) is 0 Å². The first-order valence-corrected chi connectivity index (χ1v) is 7.35. The van der Waals surface area contributed by atoms with Crippen LogP contribution in [-0.4, -0.2) is 25.6 Å². The van der Waals surface area contributed by atoms with Gasteiger partial charge in [0, 0.05) is 18.2 Å². The highest BCUT2D eigenvalue weighted by Crippen LogP contribution is 2.22. The van der Waals surface area contributed by atoms with E-state index >= 15 is 0 Å². The van der Waals surface area contributed by atoms with E-state index in [1.54, 1.807) is 7.11 Å². The average molecular weight is 276 g/mol. The van der Waals surface area contributed by atoms with Gasteiger partial charge in [-0.2, -0.15) is 0 Å². The second kappa shape index (κ2) is 7.29. The number of para-hydroxylation sites is 1. The molecule has 110 valence electrons. The molecule has 1 aliphatic carbocycles. The molecule has 1 aliphatic rings. The molecule has 1 fully saturated rings. The molecule has 3 N–H and O–H groups in total. The zero-order valence-electron chi connectivity index (χ0n) is 12.1. The normalized spacial score (nSPS) is 22.3. The van der Waals surface area contributed by atoms with Gasteiger partial charge in [0.1, 0.15) is 5.75 Å². The fourth-order valence-electron chi connectivity index (χ4n) is 2.82. The lowest BCUT2D eigenvalue weighted by Crippen LogP contribution is -2.41. The van der Waals surface area contributed by atoms with E-state index in [0.29, 0.717) is 18.9 Å². The third-order valence-electron chi connectivity index (χ3n) is 4.07. The van der Waals surface area contributed by atoms with E-state index in [1.165, 1.54) is 12.8 Å². The Morgan fingerprint density at radius 1 is 1.35 bits per heavy atom. The first kappa shape index (κ1) is 14.9. The molecule has 0 aliphatic heterocycles. The van der Waals surface area contributed by atoms with E-state index in [2.05, 4.69) is 5.32 Å². The third kappa shape index (κ3) is 3.97. The highest BCUT2D eigenvalue weighted by molar-refractivity contribution is 5.79. The molecule has 20 heavy (non-hydrogen) atoms. The van der Waals surface area contributed by atoms with Crippen molar-refractivity contribution >= 4 is 5.91 Å². The molecule has 0 spiro atoms. The van der Waals surface area contributed by atoms with Gasteiger partial charge in [-0.1, -0.05) is 31.0 Å². The van der Waals surface area contributed by atoms with Gasteiger partial charge in [0.05, 0.1) is 13.5 Å². The summed E-state index contributed by atoms with van der Waals surface area (Å²) >= 11 is 0. The number of ether oxygens (including phenoxy) is 1. The molecule has 0 saturated heterocycles. The second-order valence-corrected chi connectivity index (χ2v) is 5.50. The number of carbonyl (C=O) groups is 1. The lowest BCUT2D eigenvalue weighted by atomic mass is 9.85. The highest BCUT2D eigenvalue weighted by atomic mass is 16.5. The predicted molar refractivity (Wildman–Crippen MR) is 79.6 cm³/mol. The van der Waals surface area contributed by atoms with Crippen LogP contribution < -0.4 is 15.8 Å². The van der Waals surface area contributed by atoms with Crippen molar-refractivity contribution in [3.05, 3.63) is 29.8 Å². The van der Waals surface area contributed by atoms with Crippen LogP contribution in [0.5, 0.6) is 5.75 Å². The van der Waals surface area contributed by atoms with Gasteiger partial charge in [0.25, 0.3) is 0 Å². The molecule has 0 aromatic heterocycles. The molecule has 1 saturated carbocycles. The molecule has 2 atom stereocenters. The lowest BCUT2D eigenvalue weighted by molar-refractivity contribution is -0.120. The van der Waals surface area contributed by atoms with E-state index < -0.39 is 0 Å². The Morgan fingerprint density at radius 2 is 2.10 bits per heavy atom. The largest absolute Gasteiger partial charge is 0.496 e. The zero-order chi connectivity index (χ0) is 14.4. The summed E-state index contributed by atoms with van der Waals surface area (Å²) in [5.74, 6) is 1.22. The topological polar surface area (TPSA) is 64.3 Å². The third-order valence-corrected chi connectivity index (χ3v) is 4.07. The summed E-state index contributed by atoms with van der Waals surface area (Å²) in [6, 6.07) is 7.85. The molecule has 4 heteroatoms. The minimum atomic E-state index is 0.0345. The Bertz CT molecular complexity index is 448. The van der Waals surface area contributed by atoms with Gasteiger partial charge >= 0.3 is 0 Å². The van der Waals surface area contributed by atoms with Crippen molar-refractivity contribution in [1.82, 2.24) is 5.32 Å². The van der Waals surface area contributed by atoms with Crippen LogP contribution in [-0.2, 0) is 11.2 Å². The number of carbonyl (C=O) groups excluding carboxylic acids is 1. The Hall–Kier alpha value is -1.55. The van der Waals surface area contributed by atoms with Crippen LogP contribution in [0.2, 0.25) is 0 Å². The number of methoxy groups -OCH3 is 1. The number of hydrogen-bond acceptors (Lipinski definition) is 3. The van der Waals surface area contributed by atoms with Gasteiger partial charge in [-0.25, -0.2) is 0 Å². The number of benzene rings is 1. The standard InChI is InChI=1S/C16H24N2O2/c1-20-15-9-5-3-6-12(15)10-16(19)18-11-13-7-2-4-8-14(13)17/h3,5-6,9,13-14H,2,4,7-8,10-11,17H2,1H3,(H,18,19). The van der Waals surface area contributed by atoms with Crippen molar-refractivity contribution in [2.75, 3.05) is 13.7 Å². The summed E-state index contributed by atoms with van der Waals surface area (Å²) in [5, 5.41) is 3.01. The van der Waals surface area contributed by atoms with Crippen LogP contribution in [0.25, 0.3) is 0 Å². The Balaban J connectivity index is 1.83. The molecule has 0 radical (unpaired) electrons. The van der Waals surface area contributed by atoms with E-state index in [4.69, 9.17) is 10.5 Å². The summed E-state index contributed by atoms with van der Waals surface area (Å²) < 4.78 is 5.26. The molecule has 2 rings (SSSR count). The van der Waals surface area contributed by atoms with E-state index in [1.807, 2.05) is 24.3 Å². The first-order chi connectivity index (χ1) is 9.70. The van der Waals surface area contributed by atoms with Crippen LogP contribution >= 0.6 is 0 Å². The number of nitrogens with one attached hydrogen (secondary N) is 1. The molecule has 2 unspecified atom stereocenters. The van der Waals surface area contributed by atoms with Crippen molar-refractivity contribution < 1.29 is 9.53 Å². The van der Waals surface area contributed by atoms with Crippen LogP contribution in [0.4, 0.5) is 0 Å². The monoisotopic (exact) mass is 276 g/mol. The van der Waals surface area contributed by atoms with Crippen molar-refractivity contribution in [2.45, 2.75) is 38.1 Å². The molecular weight excluding hydrogens is 252 g/mol. The fourth-order valence-corrected chi connectivity index (χ4v) is 2.82. The highest BCUT2D eigenvalue weighted by Gasteiger charge is 2.22. The van der Waals surface area contributed by atoms with Gasteiger partial charge in [-0.15, -0.1) is 0 Å². The van der Waals surface area contributed by atoms with E-state index in [-0.39, 0.29) is 11.9 Å². The number of nitrogens with two attached hydrogens (primary N) is 1. The Labute approximate surface area is 120 Å². The Kier molecular flexibility index (Phi) is 5.41. The van der Waals surface area contributed by atoms with Gasteiger partial charge in [0.15, 0.2) is 0 Å². The van der Waals surface area contributed by atoms with Gasteiger partial charge in [0.2, 0.25) is 5.91 Å². The molecule has 1 aromatic rings. The summed E-state index contributed by atoms with van der Waals surface area (Å²) in [6.45, 7) is 0.690. The first-order valence-electron chi connectivity index (χ1n) is 7.35. The number of amides is 1. The molecule has 1 amide bonds. The molecular formula is C16H24N2O2. The quantitative estimate of drug-likeness (QED) is 0.863. The summed E-state index contributed by atoms with van der Waals surface area (Å²) in [4.78, 5) is 12.0. The van der Waals surface area contributed by atoms with E-state index in [0.717, 1.165) is 24.2 Å². The maximum absolute atomic E-state index is 12.0. The van der Waals surface area contributed by atoms with Gasteiger partial charge in [-0.3, -0.25) is 4.79 Å².